The van der Waals surface area contributed by atoms with Crippen molar-refractivity contribution in [1.82, 2.24) is 0 Å². The van der Waals surface area contributed by atoms with Gasteiger partial charge in [-0.25, -0.2) is 0 Å². The van der Waals surface area contributed by atoms with E-state index < -0.39 is 0 Å². The van der Waals surface area contributed by atoms with E-state index >= 15 is 0 Å². The van der Waals surface area contributed by atoms with Crippen LogP contribution in [0.2, 0.25) is 0 Å². The van der Waals surface area contributed by atoms with Gasteiger partial charge in [0.1, 0.15) is 161 Å². The third-order valence-electron chi connectivity index (χ3n) is 21.0. The second-order valence-corrected chi connectivity index (χ2v) is 32.7. The Morgan fingerprint density at radius 3 is 0.422 bits per heavy atom. The minimum atomic E-state index is 0.0357. The fraction of sp³-hybridized carbons (Fsp3) is 0.125. The molecule has 14 nitrogen and oxygen atoms in total. The van der Waals surface area contributed by atoms with Gasteiger partial charge in [-0.2, -0.15) is 0 Å². The van der Waals surface area contributed by atoms with Crippen molar-refractivity contribution < 1.29 is 66.3 Å². The Bertz CT molecular complexity index is 5530. The molecule has 0 unspecified atom stereocenters. The first-order valence-corrected chi connectivity index (χ1v) is 44.0. The molecule has 0 fully saturated rings. The van der Waals surface area contributed by atoms with E-state index in [9.17, 15) is 0 Å². The van der Waals surface area contributed by atoms with E-state index in [2.05, 4.69) is 56.1 Å². The molecule has 17 rings (SSSR count). The molecule has 638 valence electrons. The van der Waals surface area contributed by atoms with Gasteiger partial charge >= 0.3 is 0 Å². The molecule has 0 aliphatic heterocycles. The molecule has 0 spiro atoms. The minimum Gasteiger partial charge on any atom is -0.489 e. The van der Waals surface area contributed by atoms with Crippen LogP contribution in [0.3, 0.4) is 0 Å². The average Bonchev–Trinajstić information content (AvgIpc) is 0.745. The summed E-state index contributed by atoms with van der Waals surface area (Å²) in [5, 5.41) is 3.48. The van der Waals surface area contributed by atoms with E-state index in [-0.39, 0.29) is 39.6 Å². The Kier molecular flexibility index (Phi) is 29.0. The summed E-state index contributed by atoms with van der Waals surface area (Å²) in [7, 11) is 0. The minimum absolute atomic E-state index is 0.0357. The molecule has 0 atom stereocenters. The fourth-order valence-electron chi connectivity index (χ4n) is 14.6. The molecule has 17 aromatic carbocycles. The second kappa shape index (κ2) is 43.4. The van der Waals surface area contributed by atoms with Crippen molar-refractivity contribution in [3.63, 3.8) is 0 Å². The number of ether oxygens (including phenoxy) is 14. The van der Waals surface area contributed by atoms with Crippen molar-refractivity contribution in [2.24, 2.45) is 0 Å². The van der Waals surface area contributed by atoms with Crippen LogP contribution < -0.4 is 66.3 Å². The SMILES string of the molecule is Brc1ccc2c(OCc3cc(OCc4cc(OCc5ccccc5)cc(OCc5ccccc5)c4)cc(OCc4cc(OCc5ccccc5)cc(OCc5ccccc5)c4)c3)c(OCc3cc(OCc4cc(OCc5ccccc5)cc(OCc5ccccc5)c4)cc(OCc4cc(OCc5ccccc5)cc(OCc5ccccc5)c4)c3)c3ccc(Br)cc3c2c1. The van der Waals surface area contributed by atoms with Crippen molar-refractivity contribution >= 4 is 53.4 Å². The summed E-state index contributed by atoms with van der Waals surface area (Å²) in [4.78, 5) is 0. The molecular formula is C112H92Br2O14. The van der Waals surface area contributed by atoms with Gasteiger partial charge in [0.05, 0.1) is 0 Å². The molecule has 128 heavy (non-hydrogen) atoms. The lowest BCUT2D eigenvalue weighted by molar-refractivity contribution is 0.255. The van der Waals surface area contributed by atoms with Gasteiger partial charge < -0.3 is 66.3 Å². The van der Waals surface area contributed by atoms with Gasteiger partial charge in [0.2, 0.25) is 0 Å². The summed E-state index contributed by atoms with van der Waals surface area (Å²) in [6.07, 6.45) is 0. The molecular weight excluding hydrogens is 1730 g/mol. The zero-order valence-corrected chi connectivity index (χ0v) is 73.5. The average molecular weight is 1820 g/mol. The van der Waals surface area contributed by atoms with Gasteiger partial charge in [-0.05, 0) is 198 Å². The second-order valence-electron chi connectivity index (χ2n) is 30.8. The van der Waals surface area contributed by atoms with E-state index in [4.69, 9.17) is 66.3 Å². The van der Waals surface area contributed by atoms with Crippen LogP contribution in [0.5, 0.6) is 80.5 Å². The lowest BCUT2D eigenvalue weighted by Gasteiger charge is -2.20. The van der Waals surface area contributed by atoms with E-state index in [1.165, 1.54) is 0 Å². The van der Waals surface area contributed by atoms with Gasteiger partial charge in [-0.1, -0.05) is 275 Å². The summed E-state index contributed by atoms with van der Waals surface area (Å²) in [5.74, 6) is 8.13. The maximum atomic E-state index is 7.37. The molecule has 0 radical (unpaired) electrons. The monoisotopic (exact) mass is 1820 g/mol. The summed E-state index contributed by atoms with van der Waals surface area (Å²) >= 11 is 7.68. The van der Waals surface area contributed by atoms with Crippen LogP contribution in [0.15, 0.2) is 397 Å². The molecule has 0 aromatic heterocycles. The highest BCUT2D eigenvalue weighted by molar-refractivity contribution is 9.10. The zero-order valence-electron chi connectivity index (χ0n) is 70.3. The predicted molar refractivity (Wildman–Crippen MR) is 508 cm³/mol. The number of halogens is 2. The third kappa shape index (κ3) is 24.9. The van der Waals surface area contributed by atoms with E-state index in [0.717, 1.165) is 108 Å². The van der Waals surface area contributed by atoms with Gasteiger partial charge in [0.25, 0.3) is 0 Å². The molecule has 0 heterocycles. The highest BCUT2D eigenvalue weighted by Gasteiger charge is 2.22. The maximum absolute atomic E-state index is 7.37. The van der Waals surface area contributed by atoms with Crippen molar-refractivity contribution in [2.45, 2.75) is 92.5 Å². The summed E-state index contributed by atoms with van der Waals surface area (Å²) < 4.78 is 96.1. The van der Waals surface area contributed by atoms with Gasteiger partial charge in [0, 0.05) is 56.1 Å². The fourth-order valence-corrected chi connectivity index (χ4v) is 15.3. The number of hydrogen-bond acceptors (Lipinski definition) is 14. The topological polar surface area (TPSA) is 129 Å². The van der Waals surface area contributed by atoms with Crippen molar-refractivity contribution in [3.05, 3.63) is 475 Å². The molecule has 0 N–H and O–H groups in total. The largest absolute Gasteiger partial charge is 0.489 e. The van der Waals surface area contributed by atoms with Crippen LogP contribution in [0, 0.1) is 0 Å². The highest BCUT2D eigenvalue weighted by atomic mass is 79.9. The summed E-state index contributed by atoms with van der Waals surface area (Å²) in [6, 6.07) is 128. The molecule has 0 saturated heterocycles. The van der Waals surface area contributed by atoms with Crippen LogP contribution in [0.4, 0.5) is 0 Å². The van der Waals surface area contributed by atoms with E-state index in [1.807, 2.05) is 364 Å². The quantitative estimate of drug-likeness (QED) is 0.0337. The number of rotatable bonds is 42. The zero-order chi connectivity index (χ0) is 86.7. The van der Waals surface area contributed by atoms with Gasteiger partial charge in [-0.15, -0.1) is 0 Å². The molecule has 0 aliphatic carbocycles. The lowest BCUT2D eigenvalue weighted by atomic mass is 10.00. The lowest BCUT2D eigenvalue weighted by Crippen LogP contribution is -2.05. The first-order valence-electron chi connectivity index (χ1n) is 42.4. The van der Waals surface area contributed by atoms with Crippen LogP contribution in [0.25, 0.3) is 21.5 Å². The number of fused-ring (bicyclic) bond motifs is 3. The Morgan fingerprint density at radius 2 is 0.266 bits per heavy atom. The highest BCUT2D eigenvalue weighted by Crippen LogP contribution is 2.47. The molecule has 16 heteroatoms. The molecule has 0 amide bonds. The Labute approximate surface area is 762 Å². The first kappa shape index (κ1) is 85.6. The molecule has 0 saturated carbocycles. The predicted octanol–water partition coefficient (Wildman–Crippen LogP) is 27.6. The van der Waals surface area contributed by atoms with Crippen LogP contribution in [-0.2, 0) is 92.5 Å². The van der Waals surface area contributed by atoms with Gasteiger partial charge in [0.15, 0.2) is 11.5 Å². The Hall–Kier alpha value is -14.6. The van der Waals surface area contributed by atoms with Gasteiger partial charge in [-0.3, -0.25) is 0 Å². The van der Waals surface area contributed by atoms with Crippen molar-refractivity contribution in [2.75, 3.05) is 0 Å². The Balaban J connectivity index is 0.706. The van der Waals surface area contributed by atoms with E-state index in [0.29, 0.717) is 133 Å². The van der Waals surface area contributed by atoms with Crippen molar-refractivity contribution in [1.29, 1.82) is 0 Å². The van der Waals surface area contributed by atoms with E-state index in [1.54, 1.807) is 0 Å². The summed E-state index contributed by atoms with van der Waals surface area (Å²) in [6.45, 7) is 3.47. The van der Waals surface area contributed by atoms with Crippen molar-refractivity contribution in [3.8, 4) is 80.5 Å². The summed E-state index contributed by atoms with van der Waals surface area (Å²) in [5.41, 5.74) is 13.0. The van der Waals surface area contributed by atoms with Crippen LogP contribution >= 0.6 is 31.9 Å². The first-order chi connectivity index (χ1) is 63.1. The molecule has 0 aliphatic rings. The molecule has 0 bridgehead atoms. The smallest absolute Gasteiger partial charge is 0.170 e. The maximum Gasteiger partial charge on any atom is 0.170 e. The standard InChI is InChI=1S/C112H92Br2O14/c113-93-41-43-107-109(57-93)110-58-94(114)42-44-108(110)112(128-78-92-55-105(125-75-89-49-99(119-69-83-33-17-5-18-34-83)61-100(50-89)120-70-84-35-19-6-20-36-84)64-106(56-92)126-76-90-51-101(121-71-85-37-21-7-22-38-85)62-102(52-90)122-72-86-39-23-8-24-40-86)111(107)127-77-91-53-103(123-73-87-45-95(115-65-79-25-9-1-10-26-79)59-96(46-87)116-66-80-27-11-2-12-28-80)63-104(54-91)124-74-88-47-97(117-67-81-29-13-3-14-30-81)60-98(48-88)118-68-82-31-15-4-16-32-82/h1-64H,65-78H2. The molecule has 17 aromatic rings. The third-order valence-corrected chi connectivity index (χ3v) is 21.9. The van der Waals surface area contributed by atoms with Crippen LogP contribution in [-0.4, -0.2) is 0 Å². The normalized spacial score (nSPS) is 11.0. The van der Waals surface area contributed by atoms with Crippen LogP contribution in [0.1, 0.15) is 77.9 Å². The Morgan fingerprint density at radius 1 is 0.125 bits per heavy atom. The number of hydrogen-bond donors (Lipinski definition) is 0. The number of benzene rings is 17.